The minimum absolute atomic E-state index is 0.528. The number of nitrogens with zero attached hydrogens (tertiary/aromatic N) is 1. The average Bonchev–Trinajstić information content (AvgIpc) is 2.43. The third-order valence-corrected chi connectivity index (χ3v) is 5.31. The molecule has 0 aromatic heterocycles. The van der Waals surface area contributed by atoms with Crippen molar-refractivity contribution in [1.29, 1.82) is 0 Å². The first-order valence-electron chi connectivity index (χ1n) is 9.06. The molecule has 1 aliphatic heterocycles. The zero-order chi connectivity index (χ0) is 14.4. The molecule has 0 aromatic carbocycles. The largest absolute Gasteiger partial charge is 0.312 e. The van der Waals surface area contributed by atoms with Crippen LogP contribution >= 0.6 is 0 Å². The van der Waals surface area contributed by atoms with Gasteiger partial charge in [0, 0.05) is 19.1 Å². The zero-order valence-corrected chi connectivity index (χ0v) is 14.1. The van der Waals surface area contributed by atoms with Gasteiger partial charge in [0.2, 0.25) is 0 Å². The number of likely N-dealkylation sites (tertiary alicyclic amines) is 1. The summed E-state index contributed by atoms with van der Waals surface area (Å²) in [5.74, 6) is 0.931. The monoisotopic (exact) mass is 280 g/mol. The molecule has 0 spiro atoms. The minimum Gasteiger partial charge on any atom is -0.312 e. The Morgan fingerprint density at radius 2 is 1.90 bits per heavy atom. The van der Waals surface area contributed by atoms with Gasteiger partial charge in [-0.1, -0.05) is 40.0 Å². The molecule has 2 nitrogen and oxygen atoms in total. The summed E-state index contributed by atoms with van der Waals surface area (Å²) in [7, 11) is 0. The van der Waals surface area contributed by atoms with E-state index < -0.39 is 0 Å². The Morgan fingerprint density at radius 3 is 2.55 bits per heavy atom. The second-order valence-corrected chi connectivity index (χ2v) is 7.96. The van der Waals surface area contributed by atoms with Crippen molar-refractivity contribution in [2.45, 2.75) is 78.2 Å². The van der Waals surface area contributed by atoms with E-state index in [1.165, 1.54) is 77.5 Å². The van der Waals surface area contributed by atoms with Crippen LogP contribution in [0.15, 0.2) is 0 Å². The van der Waals surface area contributed by atoms with E-state index in [2.05, 4.69) is 31.0 Å². The second kappa shape index (κ2) is 7.79. The predicted octanol–water partition coefficient (Wildman–Crippen LogP) is 4.06. The Morgan fingerprint density at radius 1 is 1.15 bits per heavy atom. The lowest BCUT2D eigenvalue weighted by Crippen LogP contribution is -2.50. The van der Waals surface area contributed by atoms with Crippen molar-refractivity contribution in [1.82, 2.24) is 10.2 Å². The van der Waals surface area contributed by atoms with Gasteiger partial charge in [0.15, 0.2) is 0 Å². The summed E-state index contributed by atoms with van der Waals surface area (Å²) in [6.07, 6.45) is 11.3. The van der Waals surface area contributed by atoms with Crippen LogP contribution in [0.4, 0.5) is 0 Å². The van der Waals surface area contributed by atoms with Crippen molar-refractivity contribution in [3.8, 4) is 0 Å². The highest BCUT2D eigenvalue weighted by Gasteiger charge is 2.30. The van der Waals surface area contributed by atoms with Crippen molar-refractivity contribution in [3.63, 3.8) is 0 Å². The standard InChI is InChI=1S/C18H36N2/c1-4-12-19-17(16-9-6-5-7-10-16)14-20-13-8-11-18(2,3)15-20/h16-17,19H,4-15H2,1-3H3. The quantitative estimate of drug-likeness (QED) is 0.789. The third-order valence-electron chi connectivity index (χ3n) is 5.31. The van der Waals surface area contributed by atoms with E-state index in [1.54, 1.807) is 0 Å². The van der Waals surface area contributed by atoms with E-state index >= 15 is 0 Å². The van der Waals surface area contributed by atoms with E-state index in [1.807, 2.05) is 0 Å². The molecule has 0 amide bonds. The molecule has 0 radical (unpaired) electrons. The molecule has 1 atom stereocenters. The lowest BCUT2D eigenvalue weighted by molar-refractivity contribution is 0.0930. The predicted molar refractivity (Wildman–Crippen MR) is 88.1 cm³/mol. The first-order valence-corrected chi connectivity index (χ1v) is 9.06. The Kier molecular flexibility index (Phi) is 6.35. The van der Waals surface area contributed by atoms with Gasteiger partial charge in [-0.2, -0.15) is 0 Å². The van der Waals surface area contributed by atoms with Gasteiger partial charge in [0.25, 0.3) is 0 Å². The summed E-state index contributed by atoms with van der Waals surface area (Å²) in [6, 6.07) is 0.740. The summed E-state index contributed by atoms with van der Waals surface area (Å²) in [4.78, 5) is 2.74. The van der Waals surface area contributed by atoms with Crippen molar-refractivity contribution in [3.05, 3.63) is 0 Å². The topological polar surface area (TPSA) is 15.3 Å². The normalized spacial score (nSPS) is 26.6. The Hall–Kier alpha value is -0.0800. The molecular formula is C18H36N2. The zero-order valence-electron chi connectivity index (χ0n) is 14.1. The van der Waals surface area contributed by atoms with Crippen LogP contribution in [-0.4, -0.2) is 37.1 Å². The first-order chi connectivity index (χ1) is 9.61. The molecule has 118 valence electrons. The van der Waals surface area contributed by atoms with Gasteiger partial charge in [0.1, 0.15) is 0 Å². The SMILES string of the molecule is CCCNC(CN1CCCC(C)(C)C1)C1CCCCC1. The molecule has 0 aromatic rings. The van der Waals surface area contributed by atoms with Crippen LogP contribution in [0.1, 0.15) is 72.1 Å². The number of piperidine rings is 1. The maximum absolute atomic E-state index is 3.87. The molecule has 1 aliphatic carbocycles. The number of rotatable bonds is 6. The van der Waals surface area contributed by atoms with Crippen LogP contribution in [0.2, 0.25) is 0 Å². The molecule has 1 saturated heterocycles. The summed E-state index contributed by atoms with van der Waals surface area (Å²) < 4.78 is 0. The highest BCUT2D eigenvalue weighted by molar-refractivity contribution is 4.86. The molecule has 2 fully saturated rings. The lowest BCUT2D eigenvalue weighted by Gasteiger charge is -2.41. The molecule has 2 heteroatoms. The van der Waals surface area contributed by atoms with Gasteiger partial charge in [-0.3, -0.25) is 0 Å². The molecule has 20 heavy (non-hydrogen) atoms. The Labute approximate surface area is 126 Å². The summed E-state index contributed by atoms with van der Waals surface area (Å²) >= 11 is 0. The highest BCUT2D eigenvalue weighted by Crippen LogP contribution is 2.31. The smallest absolute Gasteiger partial charge is 0.0223 e. The number of hydrogen-bond donors (Lipinski definition) is 1. The molecule has 1 saturated carbocycles. The van der Waals surface area contributed by atoms with E-state index in [-0.39, 0.29) is 0 Å². The van der Waals surface area contributed by atoms with Gasteiger partial charge in [-0.05, 0) is 56.5 Å². The van der Waals surface area contributed by atoms with Gasteiger partial charge in [-0.25, -0.2) is 0 Å². The molecule has 2 aliphatic rings. The molecule has 1 unspecified atom stereocenters. The van der Waals surface area contributed by atoms with Crippen molar-refractivity contribution in [2.24, 2.45) is 11.3 Å². The lowest BCUT2D eigenvalue weighted by atomic mass is 9.81. The molecule has 2 rings (SSSR count). The summed E-state index contributed by atoms with van der Waals surface area (Å²) in [5, 5.41) is 3.87. The molecule has 0 bridgehead atoms. The summed E-state index contributed by atoms with van der Waals surface area (Å²) in [5.41, 5.74) is 0.528. The van der Waals surface area contributed by atoms with Crippen molar-refractivity contribution >= 4 is 0 Å². The van der Waals surface area contributed by atoms with E-state index in [0.717, 1.165) is 12.0 Å². The third kappa shape index (κ3) is 5.04. The minimum atomic E-state index is 0.528. The summed E-state index contributed by atoms with van der Waals surface area (Å²) in [6.45, 7) is 12.3. The van der Waals surface area contributed by atoms with Gasteiger partial charge in [-0.15, -0.1) is 0 Å². The van der Waals surface area contributed by atoms with Crippen LogP contribution < -0.4 is 5.32 Å². The second-order valence-electron chi connectivity index (χ2n) is 7.96. The molecular weight excluding hydrogens is 244 g/mol. The van der Waals surface area contributed by atoms with Gasteiger partial charge in [0.05, 0.1) is 0 Å². The van der Waals surface area contributed by atoms with E-state index in [9.17, 15) is 0 Å². The highest BCUT2D eigenvalue weighted by atomic mass is 15.2. The Bertz CT molecular complexity index is 269. The number of nitrogens with one attached hydrogen (secondary N) is 1. The fourth-order valence-corrected chi connectivity index (χ4v) is 4.23. The van der Waals surface area contributed by atoms with Crippen LogP contribution in [0.3, 0.4) is 0 Å². The number of hydrogen-bond acceptors (Lipinski definition) is 2. The van der Waals surface area contributed by atoms with E-state index in [4.69, 9.17) is 0 Å². The van der Waals surface area contributed by atoms with Gasteiger partial charge >= 0.3 is 0 Å². The van der Waals surface area contributed by atoms with Crippen molar-refractivity contribution < 1.29 is 0 Å². The van der Waals surface area contributed by atoms with Gasteiger partial charge < -0.3 is 10.2 Å². The maximum Gasteiger partial charge on any atom is 0.0223 e. The van der Waals surface area contributed by atoms with Crippen LogP contribution in [0.5, 0.6) is 0 Å². The fraction of sp³-hybridized carbons (Fsp3) is 1.00. The molecule has 1 N–H and O–H groups in total. The molecule has 1 heterocycles. The fourth-order valence-electron chi connectivity index (χ4n) is 4.23. The first kappa shape index (κ1) is 16.3. The van der Waals surface area contributed by atoms with Crippen molar-refractivity contribution in [2.75, 3.05) is 26.2 Å². The van der Waals surface area contributed by atoms with Crippen LogP contribution in [-0.2, 0) is 0 Å². The van der Waals surface area contributed by atoms with Crippen LogP contribution in [0.25, 0.3) is 0 Å². The average molecular weight is 280 g/mol. The maximum atomic E-state index is 3.87. The van der Waals surface area contributed by atoms with Crippen LogP contribution in [0, 0.1) is 11.3 Å². The Balaban J connectivity index is 1.88. The van der Waals surface area contributed by atoms with E-state index in [0.29, 0.717) is 5.41 Å².